The van der Waals surface area contributed by atoms with Crippen molar-refractivity contribution < 1.29 is 5.11 Å². The van der Waals surface area contributed by atoms with Crippen molar-refractivity contribution in [1.82, 2.24) is 0 Å². The third-order valence-corrected chi connectivity index (χ3v) is 5.98. The van der Waals surface area contributed by atoms with Gasteiger partial charge in [-0.15, -0.1) is 0 Å². The maximum atomic E-state index is 11.2. The zero-order chi connectivity index (χ0) is 13.9. The fraction of sp³-hybridized carbons (Fsp3) is 0.941. The molecule has 0 heterocycles. The second-order valence-corrected chi connectivity index (χ2v) is 7.11. The van der Waals surface area contributed by atoms with Crippen molar-refractivity contribution in [3.05, 3.63) is 0 Å². The van der Waals surface area contributed by atoms with Gasteiger partial charge in [0, 0.05) is 0 Å². The molecule has 0 aliphatic heterocycles. The van der Waals surface area contributed by atoms with Gasteiger partial charge in [-0.2, -0.15) is 5.26 Å². The maximum Gasteiger partial charge on any atom is 0.0860 e. The molecule has 2 fully saturated rings. The van der Waals surface area contributed by atoms with E-state index in [9.17, 15) is 10.4 Å². The van der Waals surface area contributed by atoms with E-state index in [1.165, 1.54) is 12.8 Å². The molecule has 2 atom stereocenters. The van der Waals surface area contributed by atoms with Crippen LogP contribution in [0.4, 0.5) is 0 Å². The van der Waals surface area contributed by atoms with Gasteiger partial charge in [-0.3, -0.25) is 0 Å². The van der Waals surface area contributed by atoms with Crippen molar-refractivity contribution in [3.63, 3.8) is 0 Å². The van der Waals surface area contributed by atoms with Crippen LogP contribution >= 0.6 is 0 Å². The van der Waals surface area contributed by atoms with Crippen LogP contribution in [0.2, 0.25) is 0 Å². The SMILES string of the molecule is CCC1CCCC(O)(C2(C#N)CCC(C)CC2)CC1. The molecule has 0 radical (unpaired) electrons. The normalized spacial score (nSPS) is 44.3. The Labute approximate surface area is 118 Å². The number of rotatable bonds is 2. The lowest BCUT2D eigenvalue weighted by Crippen LogP contribution is -2.49. The lowest BCUT2D eigenvalue weighted by atomic mass is 9.60. The highest BCUT2D eigenvalue weighted by atomic mass is 16.3. The number of aliphatic hydroxyl groups is 1. The average molecular weight is 263 g/mol. The Bertz CT molecular complexity index is 338. The molecule has 19 heavy (non-hydrogen) atoms. The molecule has 2 aliphatic rings. The van der Waals surface area contributed by atoms with Crippen molar-refractivity contribution in [2.45, 2.75) is 83.7 Å². The lowest BCUT2D eigenvalue weighted by Gasteiger charge is -2.46. The monoisotopic (exact) mass is 263 g/mol. The molecular weight excluding hydrogens is 234 g/mol. The van der Waals surface area contributed by atoms with Gasteiger partial charge in [0.25, 0.3) is 0 Å². The van der Waals surface area contributed by atoms with E-state index in [0.29, 0.717) is 0 Å². The van der Waals surface area contributed by atoms with Crippen LogP contribution in [-0.4, -0.2) is 10.7 Å². The fourth-order valence-corrected chi connectivity index (χ4v) is 4.22. The summed E-state index contributed by atoms with van der Waals surface area (Å²) in [6.07, 6.45) is 10.3. The molecule has 2 nitrogen and oxygen atoms in total. The Balaban J connectivity index is 2.15. The molecule has 0 aromatic rings. The Kier molecular flexibility index (Phi) is 4.56. The summed E-state index contributed by atoms with van der Waals surface area (Å²) in [5, 5.41) is 21.0. The van der Waals surface area contributed by atoms with Gasteiger partial charge in [0.15, 0.2) is 0 Å². The topological polar surface area (TPSA) is 44.0 Å². The largest absolute Gasteiger partial charge is 0.388 e. The van der Waals surface area contributed by atoms with Crippen LogP contribution < -0.4 is 0 Å². The predicted octanol–water partition coefficient (Wildman–Crippen LogP) is 4.43. The van der Waals surface area contributed by atoms with Gasteiger partial charge in [0.1, 0.15) is 0 Å². The minimum Gasteiger partial charge on any atom is -0.388 e. The molecule has 2 unspecified atom stereocenters. The van der Waals surface area contributed by atoms with Gasteiger partial charge in [-0.25, -0.2) is 0 Å². The maximum absolute atomic E-state index is 11.2. The van der Waals surface area contributed by atoms with Gasteiger partial charge in [0.2, 0.25) is 0 Å². The molecule has 0 saturated heterocycles. The fourth-order valence-electron chi connectivity index (χ4n) is 4.22. The second-order valence-electron chi connectivity index (χ2n) is 7.11. The molecule has 0 aromatic carbocycles. The number of nitriles is 1. The predicted molar refractivity (Wildman–Crippen MR) is 77.5 cm³/mol. The number of hydrogen-bond donors (Lipinski definition) is 1. The first kappa shape index (κ1) is 14.9. The molecule has 1 N–H and O–H groups in total. The van der Waals surface area contributed by atoms with Gasteiger partial charge >= 0.3 is 0 Å². The minimum atomic E-state index is -0.716. The van der Waals surface area contributed by atoms with Gasteiger partial charge in [0.05, 0.1) is 17.1 Å². The third kappa shape index (κ3) is 2.82. The Morgan fingerprint density at radius 3 is 2.37 bits per heavy atom. The molecule has 2 rings (SSSR count). The van der Waals surface area contributed by atoms with Crippen molar-refractivity contribution >= 4 is 0 Å². The van der Waals surface area contributed by atoms with Crippen LogP contribution in [0.3, 0.4) is 0 Å². The summed E-state index contributed by atoms with van der Waals surface area (Å²) in [5.41, 5.74) is -1.17. The second kappa shape index (κ2) is 5.83. The molecule has 0 amide bonds. The minimum absolute atomic E-state index is 0.456. The highest BCUT2D eigenvalue weighted by Crippen LogP contribution is 2.51. The van der Waals surface area contributed by atoms with E-state index in [1.807, 2.05) is 0 Å². The van der Waals surface area contributed by atoms with Crippen LogP contribution in [0.15, 0.2) is 0 Å². The molecule has 2 heteroatoms. The Hall–Kier alpha value is -0.550. The summed E-state index contributed by atoms with van der Waals surface area (Å²) >= 11 is 0. The highest BCUT2D eigenvalue weighted by Gasteiger charge is 2.51. The van der Waals surface area contributed by atoms with E-state index in [2.05, 4.69) is 19.9 Å². The molecule has 108 valence electrons. The van der Waals surface area contributed by atoms with Crippen LogP contribution in [0.5, 0.6) is 0 Å². The van der Waals surface area contributed by atoms with Crippen LogP contribution in [0.25, 0.3) is 0 Å². The molecule has 0 bridgehead atoms. The first-order chi connectivity index (χ1) is 9.05. The zero-order valence-electron chi connectivity index (χ0n) is 12.6. The summed E-state index contributed by atoms with van der Waals surface area (Å²) in [6.45, 7) is 4.52. The standard InChI is InChI=1S/C17H29NO/c1-3-15-5-4-9-17(19,12-8-15)16(13-18)10-6-14(2)7-11-16/h14-15,19H,3-12H2,1-2H3. The molecule has 0 aromatic heterocycles. The molecule has 2 saturated carbocycles. The first-order valence-corrected chi connectivity index (χ1v) is 8.19. The number of hydrogen-bond acceptors (Lipinski definition) is 2. The van der Waals surface area contributed by atoms with Gasteiger partial charge in [-0.1, -0.05) is 33.1 Å². The molecule has 0 spiro atoms. The Morgan fingerprint density at radius 1 is 1.11 bits per heavy atom. The molecular formula is C17H29NO. The third-order valence-electron chi connectivity index (χ3n) is 5.98. The summed E-state index contributed by atoms with van der Waals surface area (Å²) in [4.78, 5) is 0. The highest BCUT2D eigenvalue weighted by molar-refractivity contribution is 5.13. The quantitative estimate of drug-likeness (QED) is 0.749. The smallest absolute Gasteiger partial charge is 0.0860 e. The molecule has 2 aliphatic carbocycles. The van der Waals surface area contributed by atoms with Crippen LogP contribution in [0.1, 0.15) is 78.1 Å². The van der Waals surface area contributed by atoms with Crippen molar-refractivity contribution in [2.75, 3.05) is 0 Å². The van der Waals surface area contributed by atoms with Gasteiger partial charge < -0.3 is 5.11 Å². The Morgan fingerprint density at radius 2 is 1.79 bits per heavy atom. The van der Waals surface area contributed by atoms with E-state index in [4.69, 9.17) is 0 Å². The van der Waals surface area contributed by atoms with E-state index in [1.54, 1.807) is 0 Å². The van der Waals surface area contributed by atoms with Gasteiger partial charge in [-0.05, 0) is 56.8 Å². The van der Waals surface area contributed by atoms with Crippen LogP contribution in [0, 0.1) is 28.6 Å². The van der Waals surface area contributed by atoms with E-state index in [-0.39, 0.29) is 0 Å². The van der Waals surface area contributed by atoms with E-state index >= 15 is 0 Å². The van der Waals surface area contributed by atoms with Crippen molar-refractivity contribution in [2.24, 2.45) is 17.3 Å². The van der Waals surface area contributed by atoms with Crippen molar-refractivity contribution in [3.8, 4) is 6.07 Å². The first-order valence-electron chi connectivity index (χ1n) is 8.19. The van der Waals surface area contributed by atoms with Crippen LogP contribution in [-0.2, 0) is 0 Å². The summed E-state index contributed by atoms with van der Waals surface area (Å²) in [5.74, 6) is 1.48. The van der Waals surface area contributed by atoms with E-state index in [0.717, 1.165) is 63.2 Å². The zero-order valence-corrected chi connectivity index (χ0v) is 12.6. The van der Waals surface area contributed by atoms with Crippen molar-refractivity contribution in [1.29, 1.82) is 5.26 Å². The number of nitrogens with zero attached hydrogens (tertiary/aromatic N) is 1. The summed E-state index contributed by atoms with van der Waals surface area (Å²) < 4.78 is 0. The summed E-state index contributed by atoms with van der Waals surface area (Å²) in [7, 11) is 0. The van der Waals surface area contributed by atoms with E-state index < -0.39 is 11.0 Å². The lowest BCUT2D eigenvalue weighted by molar-refractivity contribution is -0.0883. The summed E-state index contributed by atoms with van der Waals surface area (Å²) in [6, 6.07) is 2.56. The average Bonchev–Trinajstić information content (AvgIpc) is 2.63.